The predicted octanol–water partition coefficient (Wildman–Crippen LogP) is 4.13. The van der Waals surface area contributed by atoms with E-state index in [4.69, 9.17) is 12.2 Å². The molecule has 2 aromatic rings. The molecule has 0 heterocycles. The average molecular weight is 284 g/mol. The fraction of sp³-hybridized carbons (Fsp3) is 0.235. The highest BCUT2D eigenvalue weighted by atomic mass is 32.1. The lowest BCUT2D eigenvalue weighted by Gasteiger charge is -2.22. The minimum Gasteiger partial charge on any atom is -0.348 e. The van der Waals surface area contributed by atoms with Crippen molar-refractivity contribution >= 4 is 23.0 Å². The molecule has 0 spiro atoms. The van der Waals surface area contributed by atoms with Gasteiger partial charge in [0, 0.05) is 19.3 Å². The summed E-state index contributed by atoms with van der Waals surface area (Å²) in [5.41, 5.74) is 4.78. The lowest BCUT2D eigenvalue weighted by Crippen LogP contribution is -2.31. The van der Waals surface area contributed by atoms with Crippen LogP contribution in [0.4, 0.5) is 5.69 Å². The van der Waals surface area contributed by atoms with Crippen molar-refractivity contribution in [2.24, 2.45) is 0 Å². The quantitative estimate of drug-likeness (QED) is 0.853. The van der Waals surface area contributed by atoms with Gasteiger partial charge in [0.25, 0.3) is 0 Å². The van der Waals surface area contributed by atoms with Gasteiger partial charge in [-0.05, 0) is 42.8 Å². The maximum absolute atomic E-state index is 5.49. The van der Waals surface area contributed by atoms with Crippen molar-refractivity contribution in [3.05, 3.63) is 65.2 Å². The molecule has 20 heavy (non-hydrogen) atoms. The molecule has 0 atom stereocenters. The van der Waals surface area contributed by atoms with Crippen molar-refractivity contribution in [3.8, 4) is 0 Å². The second-order valence-electron chi connectivity index (χ2n) is 5.04. The number of anilines is 1. The molecule has 0 saturated carbocycles. The predicted molar refractivity (Wildman–Crippen MR) is 90.0 cm³/mol. The Kier molecular flexibility index (Phi) is 4.74. The summed E-state index contributed by atoms with van der Waals surface area (Å²) in [6.07, 6.45) is 0. The van der Waals surface area contributed by atoms with Crippen molar-refractivity contribution in [1.29, 1.82) is 0 Å². The lowest BCUT2D eigenvalue weighted by molar-refractivity contribution is 0.508. The van der Waals surface area contributed by atoms with Gasteiger partial charge in [-0.3, -0.25) is 0 Å². The molecule has 0 fully saturated rings. The molecule has 1 N–H and O–H groups in total. The molecule has 0 amide bonds. The van der Waals surface area contributed by atoms with Gasteiger partial charge in [0.05, 0.1) is 0 Å². The third-order valence-corrected chi connectivity index (χ3v) is 3.74. The first-order valence-corrected chi connectivity index (χ1v) is 7.11. The average Bonchev–Trinajstić information content (AvgIpc) is 2.44. The van der Waals surface area contributed by atoms with Crippen LogP contribution in [0.25, 0.3) is 0 Å². The number of hydrogen-bond acceptors (Lipinski definition) is 1. The van der Waals surface area contributed by atoms with E-state index in [1.165, 1.54) is 16.7 Å². The molecule has 0 aliphatic heterocycles. The number of benzene rings is 2. The Labute approximate surface area is 126 Å². The van der Waals surface area contributed by atoms with Crippen LogP contribution in [0.2, 0.25) is 0 Å². The molecular weight excluding hydrogens is 264 g/mol. The Morgan fingerprint density at radius 2 is 1.60 bits per heavy atom. The molecule has 0 aliphatic carbocycles. The van der Waals surface area contributed by atoms with E-state index < -0.39 is 0 Å². The first kappa shape index (κ1) is 14.5. The number of para-hydroxylation sites is 1. The Morgan fingerprint density at radius 1 is 1.00 bits per heavy atom. The normalized spacial score (nSPS) is 10.2. The fourth-order valence-corrected chi connectivity index (χ4v) is 2.31. The van der Waals surface area contributed by atoms with Gasteiger partial charge < -0.3 is 10.2 Å². The van der Waals surface area contributed by atoms with Crippen molar-refractivity contribution < 1.29 is 0 Å². The van der Waals surface area contributed by atoms with E-state index in [-0.39, 0.29) is 0 Å². The van der Waals surface area contributed by atoms with Gasteiger partial charge in [0.1, 0.15) is 0 Å². The zero-order chi connectivity index (χ0) is 14.5. The summed E-state index contributed by atoms with van der Waals surface area (Å²) in [6, 6.07) is 16.6. The highest BCUT2D eigenvalue weighted by Gasteiger charge is 2.08. The van der Waals surface area contributed by atoms with Gasteiger partial charge >= 0.3 is 0 Å². The van der Waals surface area contributed by atoms with Gasteiger partial charge in [-0.2, -0.15) is 0 Å². The van der Waals surface area contributed by atoms with Crippen LogP contribution in [0, 0.1) is 13.8 Å². The standard InChI is InChI=1S/C17H20N2S/c1-13-8-7-9-14(2)16(13)18-17(20)19(3)12-15-10-5-4-6-11-15/h4-11H,12H2,1-3H3,(H,18,20). The van der Waals surface area contributed by atoms with Crippen molar-refractivity contribution in [2.45, 2.75) is 20.4 Å². The summed E-state index contributed by atoms with van der Waals surface area (Å²) in [6.45, 7) is 4.99. The van der Waals surface area contributed by atoms with E-state index in [0.29, 0.717) is 0 Å². The largest absolute Gasteiger partial charge is 0.348 e. The summed E-state index contributed by atoms with van der Waals surface area (Å²) >= 11 is 5.49. The number of nitrogens with one attached hydrogen (secondary N) is 1. The zero-order valence-corrected chi connectivity index (χ0v) is 13.0. The van der Waals surface area contributed by atoms with Crippen molar-refractivity contribution in [2.75, 3.05) is 12.4 Å². The molecule has 104 valence electrons. The van der Waals surface area contributed by atoms with Crippen LogP contribution in [-0.4, -0.2) is 17.1 Å². The number of hydrogen-bond donors (Lipinski definition) is 1. The Hall–Kier alpha value is -1.87. The molecule has 0 saturated heterocycles. The molecule has 0 bridgehead atoms. The van der Waals surface area contributed by atoms with E-state index in [1.54, 1.807) is 0 Å². The second kappa shape index (κ2) is 6.53. The Bertz CT molecular complexity index is 573. The van der Waals surface area contributed by atoms with Crippen molar-refractivity contribution in [1.82, 2.24) is 4.90 Å². The van der Waals surface area contributed by atoms with Gasteiger partial charge in [-0.25, -0.2) is 0 Å². The highest BCUT2D eigenvalue weighted by molar-refractivity contribution is 7.80. The number of aryl methyl sites for hydroxylation is 2. The van der Waals surface area contributed by atoms with Gasteiger partial charge in [-0.15, -0.1) is 0 Å². The second-order valence-corrected chi connectivity index (χ2v) is 5.43. The van der Waals surface area contributed by atoms with E-state index in [2.05, 4.69) is 54.4 Å². The number of thiocarbonyl (C=S) groups is 1. The number of nitrogens with zero attached hydrogens (tertiary/aromatic N) is 1. The third-order valence-electron chi connectivity index (χ3n) is 3.32. The lowest BCUT2D eigenvalue weighted by atomic mass is 10.1. The first-order valence-electron chi connectivity index (χ1n) is 6.70. The minimum absolute atomic E-state index is 0.742. The van der Waals surface area contributed by atoms with Crippen LogP contribution in [0.3, 0.4) is 0 Å². The molecule has 0 aliphatic rings. The topological polar surface area (TPSA) is 15.3 Å². The van der Waals surface area contributed by atoms with Crippen molar-refractivity contribution in [3.63, 3.8) is 0 Å². The molecular formula is C17H20N2S. The Balaban J connectivity index is 2.05. The maximum atomic E-state index is 5.49. The maximum Gasteiger partial charge on any atom is 0.173 e. The van der Waals surface area contributed by atoms with Crippen LogP contribution >= 0.6 is 12.2 Å². The van der Waals surface area contributed by atoms with Crippen LogP contribution in [0.1, 0.15) is 16.7 Å². The zero-order valence-electron chi connectivity index (χ0n) is 12.2. The van der Waals surface area contributed by atoms with Crippen LogP contribution < -0.4 is 5.32 Å². The summed E-state index contributed by atoms with van der Waals surface area (Å²) < 4.78 is 0. The summed E-state index contributed by atoms with van der Waals surface area (Å²) in [5, 5.41) is 4.10. The molecule has 3 heteroatoms. The monoisotopic (exact) mass is 284 g/mol. The molecule has 0 unspecified atom stereocenters. The van der Waals surface area contributed by atoms with Gasteiger partial charge in [-0.1, -0.05) is 48.5 Å². The molecule has 0 aromatic heterocycles. The Morgan fingerprint density at radius 3 is 2.20 bits per heavy atom. The van der Waals surface area contributed by atoms with E-state index >= 15 is 0 Å². The summed E-state index contributed by atoms with van der Waals surface area (Å²) in [4.78, 5) is 2.05. The first-order chi connectivity index (χ1) is 9.58. The third kappa shape index (κ3) is 3.58. The molecule has 2 rings (SSSR count). The van der Waals surface area contributed by atoms with Gasteiger partial charge in [0.15, 0.2) is 5.11 Å². The smallest absolute Gasteiger partial charge is 0.173 e. The fourth-order valence-electron chi connectivity index (χ4n) is 2.14. The summed E-state index contributed by atoms with van der Waals surface area (Å²) in [5.74, 6) is 0. The SMILES string of the molecule is Cc1cccc(C)c1NC(=S)N(C)Cc1ccccc1. The van der Waals surface area contributed by atoms with E-state index in [9.17, 15) is 0 Å². The van der Waals surface area contributed by atoms with E-state index in [1.807, 2.05) is 25.2 Å². The molecule has 2 nitrogen and oxygen atoms in total. The summed E-state index contributed by atoms with van der Waals surface area (Å²) in [7, 11) is 2.01. The number of rotatable bonds is 3. The van der Waals surface area contributed by atoms with Gasteiger partial charge in [0.2, 0.25) is 0 Å². The minimum atomic E-state index is 0.742. The van der Waals surface area contributed by atoms with Crippen LogP contribution in [-0.2, 0) is 6.54 Å². The van der Waals surface area contributed by atoms with Crippen LogP contribution in [0.15, 0.2) is 48.5 Å². The molecule has 2 aromatic carbocycles. The van der Waals surface area contributed by atoms with Crippen LogP contribution in [0.5, 0.6) is 0 Å². The van der Waals surface area contributed by atoms with E-state index in [0.717, 1.165) is 17.3 Å². The highest BCUT2D eigenvalue weighted by Crippen LogP contribution is 2.20. The molecule has 0 radical (unpaired) electrons.